The molecule has 0 fully saturated rings. The largest absolute Gasteiger partial charge is 0.334 e. The molecule has 0 aliphatic rings. The summed E-state index contributed by atoms with van der Waals surface area (Å²) in [6, 6.07) is 8.31. The molecule has 1 aromatic carbocycles. The number of nitrogens with zero attached hydrogens (tertiary/aromatic N) is 1. The van der Waals surface area contributed by atoms with Crippen LogP contribution in [0.1, 0.15) is 50.5 Å². The molecule has 0 aromatic heterocycles. The molecule has 1 aromatic rings. The van der Waals surface area contributed by atoms with Gasteiger partial charge in [0.2, 0.25) is 0 Å². The van der Waals surface area contributed by atoms with Crippen molar-refractivity contribution < 1.29 is 4.79 Å². The van der Waals surface area contributed by atoms with E-state index in [1.165, 1.54) is 0 Å². The van der Waals surface area contributed by atoms with Gasteiger partial charge >= 0.3 is 0 Å². The van der Waals surface area contributed by atoms with Gasteiger partial charge in [0.05, 0.1) is 0 Å². The Morgan fingerprint density at radius 2 is 1.74 bits per heavy atom. The highest BCUT2D eigenvalue weighted by atomic mass is 16.2. The highest BCUT2D eigenvalue weighted by Gasteiger charge is 2.22. The molecule has 0 saturated heterocycles. The van der Waals surface area contributed by atoms with E-state index in [0.29, 0.717) is 0 Å². The van der Waals surface area contributed by atoms with Crippen molar-refractivity contribution in [2.24, 2.45) is 0 Å². The van der Waals surface area contributed by atoms with E-state index in [1.807, 2.05) is 42.2 Å². The van der Waals surface area contributed by atoms with Crippen LogP contribution in [0.15, 0.2) is 36.4 Å². The molecule has 0 radical (unpaired) electrons. The van der Waals surface area contributed by atoms with Crippen molar-refractivity contribution in [3.8, 4) is 0 Å². The summed E-state index contributed by atoms with van der Waals surface area (Å²) in [6.45, 7) is 10.2. The second kappa shape index (κ2) is 7.13. The van der Waals surface area contributed by atoms with Gasteiger partial charge in [-0.15, -0.1) is 0 Å². The van der Waals surface area contributed by atoms with E-state index in [2.05, 4.69) is 33.8 Å². The summed E-state index contributed by atoms with van der Waals surface area (Å²) in [5, 5.41) is 0. The molecule has 0 bridgehead atoms. The molecule has 0 atom stereocenters. The maximum Gasteiger partial charge on any atom is 0.254 e. The third-order valence-electron chi connectivity index (χ3n) is 3.17. The van der Waals surface area contributed by atoms with Crippen LogP contribution < -0.4 is 0 Å². The molecule has 19 heavy (non-hydrogen) atoms. The number of benzene rings is 1. The molecule has 0 aliphatic carbocycles. The van der Waals surface area contributed by atoms with Crippen LogP contribution in [0.5, 0.6) is 0 Å². The molecule has 0 aliphatic heterocycles. The lowest BCUT2D eigenvalue weighted by Crippen LogP contribution is -2.42. The van der Waals surface area contributed by atoms with Crippen molar-refractivity contribution in [2.45, 2.75) is 53.1 Å². The van der Waals surface area contributed by atoms with Gasteiger partial charge in [-0.05, 0) is 52.7 Å². The van der Waals surface area contributed by atoms with Crippen LogP contribution in [0.4, 0.5) is 0 Å². The molecule has 0 heterocycles. The first-order valence-corrected chi connectivity index (χ1v) is 7.00. The first kappa shape index (κ1) is 15.5. The predicted molar refractivity (Wildman–Crippen MR) is 81.4 cm³/mol. The Hall–Kier alpha value is -1.57. The smallest absolute Gasteiger partial charge is 0.254 e. The van der Waals surface area contributed by atoms with Crippen LogP contribution in [-0.2, 0) is 6.42 Å². The number of hydrogen-bond donors (Lipinski definition) is 0. The fraction of sp³-hybridized carbons (Fsp3) is 0.471. The molecular formula is C17H25NO. The summed E-state index contributed by atoms with van der Waals surface area (Å²) in [5.41, 5.74) is 1.92. The highest BCUT2D eigenvalue weighted by molar-refractivity contribution is 5.96. The monoisotopic (exact) mass is 259 g/mol. The second-order valence-corrected chi connectivity index (χ2v) is 5.33. The maximum atomic E-state index is 12.7. The molecule has 104 valence electrons. The Morgan fingerprint density at radius 1 is 1.16 bits per heavy atom. The molecule has 2 nitrogen and oxygen atoms in total. The zero-order chi connectivity index (χ0) is 14.4. The van der Waals surface area contributed by atoms with Crippen LogP contribution in [0.2, 0.25) is 0 Å². The van der Waals surface area contributed by atoms with Crippen LogP contribution in [-0.4, -0.2) is 22.9 Å². The summed E-state index contributed by atoms with van der Waals surface area (Å²) in [7, 11) is 0. The lowest BCUT2D eigenvalue weighted by molar-refractivity contribution is 0.0643. The zero-order valence-corrected chi connectivity index (χ0v) is 12.7. The Bertz CT molecular complexity index is 438. The van der Waals surface area contributed by atoms with E-state index in [1.54, 1.807) is 0 Å². The van der Waals surface area contributed by atoms with E-state index < -0.39 is 0 Å². The summed E-state index contributed by atoms with van der Waals surface area (Å²) in [6.07, 6.45) is 4.91. The molecule has 0 N–H and O–H groups in total. The van der Waals surface area contributed by atoms with Gasteiger partial charge in [0.1, 0.15) is 0 Å². The van der Waals surface area contributed by atoms with Crippen LogP contribution in [0.25, 0.3) is 0 Å². The van der Waals surface area contributed by atoms with E-state index in [0.717, 1.165) is 17.5 Å². The van der Waals surface area contributed by atoms with Crippen molar-refractivity contribution in [3.05, 3.63) is 47.5 Å². The lowest BCUT2D eigenvalue weighted by Gasteiger charge is -2.31. The van der Waals surface area contributed by atoms with Gasteiger partial charge in [-0.2, -0.15) is 0 Å². The third kappa shape index (κ3) is 3.95. The van der Waals surface area contributed by atoms with Gasteiger partial charge in [-0.1, -0.05) is 30.4 Å². The van der Waals surface area contributed by atoms with Crippen molar-refractivity contribution >= 4 is 5.91 Å². The minimum absolute atomic E-state index is 0.130. The fourth-order valence-corrected chi connectivity index (χ4v) is 2.36. The quantitative estimate of drug-likeness (QED) is 0.730. The molecule has 1 rings (SSSR count). The molecule has 0 unspecified atom stereocenters. The van der Waals surface area contributed by atoms with E-state index in [-0.39, 0.29) is 18.0 Å². The first-order valence-electron chi connectivity index (χ1n) is 7.00. The van der Waals surface area contributed by atoms with E-state index in [4.69, 9.17) is 0 Å². The highest BCUT2D eigenvalue weighted by Crippen LogP contribution is 2.17. The van der Waals surface area contributed by atoms with Gasteiger partial charge in [-0.25, -0.2) is 0 Å². The van der Waals surface area contributed by atoms with E-state index >= 15 is 0 Å². The number of rotatable bonds is 5. The normalized spacial score (nSPS) is 11.5. The number of carbonyl (C=O) groups is 1. The van der Waals surface area contributed by atoms with Gasteiger partial charge in [0, 0.05) is 17.6 Å². The molecule has 2 heteroatoms. The molecule has 0 saturated carbocycles. The Morgan fingerprint density at radius 3 is 2.26 bits per heavy atom. The van der Waals surface area contributed by atoms with Crippen molar-refractivity contribution in [1.29, 1.82) is 0 Å². The summed E-state index contributed by atoms with van der Waals surface area (Å²) >= 11 is 0. The minimum Gasteiger partial charge on any atom is -0.334 e. The number of amides is 1. The van der Waals surface area contributed by atoms with Gasteiger partial charge in [-0.3, -0.25) is 4.79 Å². The zero-order valence-electron chi connectivity index (χ0n) is 12.7. The molecule has 1 amide bonds. The Kier molecular flexibility index (Phi) is 5.81. The second-order valence-electron chi connectivity index (χ2n) is 5.33. The Labute approximate surface area is 117 Å². The molecule has 0 spiro atoms. The van der Waals surface area contributed by atoms with Gasteiger partial charge < -0.3 is 4.90 Å². The average Bonchev–Trinajstić information content (AvgIpc) is 2.35. The van der Waals surface area contributed by atoms with Gasteiger partial charge in [0.15, 0.2) is 0 Å². The summed E-state index contributed by atoms with van der Waals surface area (Å²) in [4.78, 5) is 14.7. The topological polar surface area (TPSA) is 20.3 Å². The third-order valence-corrected chi connectivity index (χ3v) is 3.17. The predicted octanol–water partition coefficient (Wildman–Crippen LogP) is 4.06. The fourth-order valence-electron chi connectivity index (χ4n) is 2.36. The summed E-state index contributed by atoms with van der Waals surface area (Å²) < 4.78 is 0. The van der Waals surface area contributed by atoms with Crippen molar-refractivity contribution in [3.63, 3.8) is 0 Å². The van der Waals surface area contributed by atoms with Gasteiger partial charge in [0.25, 0.3) is 5.91 Å². The van der Waals surface area contributed by atoms with E-state index in [9.17, 15) is 4.79 Å². The number of allylic oxidation sites excluding steroid dienone is 2. The minimum atomic E-state index is 0.130. The number of hydrogen-bond acceptors (Lipinski definition) is 1. The Balaban J connectivity index is 3.10. The first-order chi connectivity index (χ1) is 8.99. The average molecular weight is 259 g/mol. The standard InChI is InChI=1S/C17H25NO/c1-6-7-10-15-11-8-9-12-16(15)17(19)18(13(2)3)14(4)5/h6-9,11-14H,10H2,1-5H3/b7-6+. The molecular weight excluding hydrogens is 234 g/mol. The van der Waals surface area contributed by atoms with Crippen molar-refractivity contribution in [2.75, 3.05) is 0 Å². The van der Waals surface area contributed by atoms with Crippen LogP contribution in [0.3, 0.4) is 0 Å². The van der Waals surface area contributed by atoms with Crippen LogP contribution in [0, 0.1) is 0 Å². The SMILES string of the molecule is C/C=C/Cc1ccccc1C(=O)N(C(C)C)C(C)C. The lowest BCUT2D eigenvalue weighted by atomic mass is 10.0. The maximum absolute atomic E-state index is 12.7. The summed E-state index contributed by atoms with van der Waals surface area (Å²) in [5.74, 6) is 0.130. The van der Waals surface area contributed by atoms with Crippen molar-refractivity contribution in [1.82, 2.24) is 4.90 Å². The van der Waals surface area contributed by atoms with Crippen LogP contribution >= 0.6 is 0 Å². The number of carbonyl (C=O) groups excluding carboxylic acids is 1.